The third-order valence-corrected chi connectivity index (χ3v) is 0.614. The molecule has 0 rings (SSSR count). The van der Waals surface area contributed by atoms with E-state index >= 15 is 0 Å². The van der Waals surface area contributed by atoms with Crippen LogP contribution in [0.2, 0.25) is 0 Å². The lowest BCUT2D eigenvalue weighted by Gasteiger charge is -1.95. The van der Waals surface area contributed by atoms with Crippen molar-refractivity contribution in [1.29, 1.82) is 5.41 Å². The first kappa shape index (κ1) is 9.08. The molecule has 0 atom stereocenters. The summed E-state index contributed by atoms with van der Waals surface area (Å²) in [5.74, 6) is -0.778. The fraction of sp³-hybridized carbons (Fsp3) is 0. The first-order valence-electron chi connectivity index (χ1n) is 2.52. The molecule has 7 heteroatoms. The van der Waals surface area contributed by atoms with Gasteiger partial charge in [0.25, 0.3) is 0 Å². The molecule has 60 valence electrons. The zero-order valence-corrected chi connectivity index (χ0v) is 5.66. The van der Waals surface area contributed by atoms with Gasteiger partial charge in [-0.25, -0.2) is 9.79 Å². The van der Waals surface area contributed by atoms with E-state index in [-0.39, 0.29) is 5.96 Å². The van der Waals surface area contributed by atoms with Crippen LogP contribution in [0.15, 0.2) is 9.98 Å². The van der Waals surface area contributed by atoms with Gasteiger partial charge in [-0.2, -0.15) is 4.99 Å². The Morgan fingerprint density at radius 2 is 2.09 bits per heavy atom. The quantitative estimate of drug-likeness (QED) is 0.254. The van der Waals surface area contributed by atoms with E-state index in [0.29, 0.717) is 0 Å². The van der Waals surface area contributed by atoms with Crippen LogP contribution >= 0.6 is 0 Å². The van der Waals surface area contributed by atoms with Crippen molar-refractivity contribution < 1.29 is 4.79 Å². The molecule has 0 unspecified atom stereocenters. The molecule has 0 fully saturated rings. The van der Waals surface area contributed by atoms with E-state index < -0.39 is 12.0 Å². The Kier molecular flexibility index (Phi) is 3.29. The fourth-order valence-corrected chi connectivity index (χ4v) is 0.286. The largest absolute Gasteiger partial charge is 0.370 e. The average Bonchev–Trinajstić information content (AvgIpc) is 1.85. The number of carbonyl (C=O) groups is 1. The van der Waals surface area contributed by atoms with Gasteiger partial charge >= 0.3 is 6.03 Å². The molecular weight excluding hydrogens is 148 g/mol. The van der Waals surface area contributed by atoms with Crippen molar-refractivity contribution in [2.45, 2.75) is 0 Å². The third kappa shape index (κ3) is 4.58. The number of amides is 2. The summed E-state index contributed by atoms with van der Waals surface area (Å²) in [6, 6.07) is -0.845. The molecule has 0 aliphatic carbocycles. The van der Waals surface area contributed by atoms with Crippen molar-refractivity contribution in [1.82, 2.24) is 5.32 Å². The van der Waals surface area contributed by atoms with Crippen LogP contribution in [-0.2, 0) is 0 Å². The van der Waals surface area contributed by atoms with Gasteiger partial charge in [-0.1, -0.05) is 0 Å². The molecule has 11 heavy (non-hydrogen) atoms. The molecule has 0 aromatic rings. The Morgan fingerprint density at radius 3 is 2.45 bits per heavy atom. The molecule has 0 spiro atoms. The second-order valence-electron chi connectivity index (χ2n) is 1.47. The molecule has 0 bridgehead atoms. The normalized spacial score (nSPS) is 8.00. The van der Waals surface area contributed by atoms with E-state index in [1.807, 2.05) is 5.32 Å². The number of hydrogen-bond acceptors (Lipinski definition) is 2. The van der Waals surface area contributed by atoms with Gasteiger partial charge in [0, 0.05) is 0 Å². The number of nitrogens with two attached hydrogens (primary N) is 2. The second-order valence-corrected chi connectivity index (χ2v) is 1.47. The van der Waals surface area contributed by atoms with Crippen LogP contribution in [-0.4, -0.2) is 24.7 Å². The van der Waals surface area contributed by atoms with Gasteiger partial charge in [0.1, 0.15) is 0 Å². The number of rotatable bonds is 0. The van der Waals surface area contributed by atoms with Crippen molar-refractivity contribution in [2.75, 3.05) is 0 Å². The third-order valence-electron chi connectivity index (χ3n) is 0.614. The molecular formula is C4H8N6O. The molecule has 0 saturated heterocycles. The van der Waals surface area contributed by atoms with Gasteiger partial charge in [0.05, 0.1) is 0 Å². The standard InChI is InChI=1S/C4H8N6O/c1-8-3(7)10-4(11)9-2(5)6/h1H2,(H6,5,6,7,9,10,11). The zero-order chi connectivity index (χ0) is 8.85. The van der Waals surface area contributed by atoms with Crippen molar-refractivity contribution in [3.05, 3.63) is 0 Å². The van der Waals surface area contributed by atoms with Crippen LogP contribution in [0, 0.1) is 5.41 Å². The minimum Gasteiger partial charge on any atom is -0.370 e. The molecule has 0 aliphatic heterocycles. The Hall–Kier alpha value is -1.92. The predicted molar refractivity (Wildman–Crippen MR) is 41.6 cm³/mol. The van der Waals surface area contributed by atoms with E-state index in [1.54, 1.807) is 0 Å². The van der Waals surface area contributed by atoms with Crippen molar-refractivity contribution in [3.63, 3.8) is 0 Å². The summed E-state index contributed by atoms with van der Waals surface area (Å²) in [5, 5.41) is 8.73. The summed E-state index contributed by atoms with van der Waals surface area (Å²) in [6.07, 6.45) is 0. The predicted octanol–water partition coefficient (Wildman–Crippen LogP) is -1.40. The lowest BCUT2D eigenvalue weighted by Crippen LogP contribution is -2.30. The van der Waals surface area contributed by atoms with E-state index in [9.17, 15) is 4.79 Å². The van der Waals surface area contributed by atoms with Gasteiger partial charge < -0.3 is 11.5 Å². The molecule has 0 radical (unpaired) electrons. The van der Waals surface area contributed by atoms with E-state index in [4.69, 9.17) is 16.9 Å². The number of nitrogens with zero attached hydrogens (tertiary/aromatic N) is 2. The number of aliphatic imine (C=N–C) groups is 2. The van der Waals surface area contributed by atoms with E-state index in [0.717, 1.165) is 0 Å². The van der Waals surface area contributed by atoms with Crippen molar-refractivity contribution in [2.24, 2.45) is 21.5 Å². The number of hydrogen-bond donors (Lipinski definition) is 4. The van der Waals surface area contributed by atoms with Crippen LogP contribution in [0.3, 0.4) is 0 Å². The summed E-state index contributed by atoms with van der Waals surface area (Å²) in [4.78, 5) is 16.7. The summed E-state index contributed by atoms with van der Waals surface area (Å²) in [7, 11) is 0. The number of nitrogens with one attached hydrogen (secondary N) is 2. The molecule has 7 nitrogen and oxygen atoms in total. The number of guanidine groups is 2. The monoisotopic (exact) mass is 156 g/mol. The van der Waals surface area contributed by atoms with Gasteiger partial charge in [0.15, 0.2) is 5.96 Å². The van der Waals surface area contributed by atoms with E-state index in [2.05, 4.69) is 16.7 Å². The Balaban J connectivity index is 3.99. The molecule has 0 heterocycles. The van der Waals surface area contributed by atoms with Crippen molar-refractivity contribution >= 4 is 24.7 Å². The maximum Gasteiger partial charge on any atom is 0.350 e. The SMILES string of the molecule is C=NC(=N)NC(=O)N=C(N)N. The first-order chi connectivity index (χ1) is 5.06. The summed E-state index contributed by atoms with van der Waals surface area (Å²) < 4.78 is 0. The average molecular weight is 156 g/mol. The molecule has 0 aromatic heterocycles. The Morgan fingerprint density at radius 1 is 1.55 bits per heavy atom. The number of carbonyl (C=O) groups excluding carboxylic acids is 1. The highest BCUT2D eigenvalue weighted by Gasteiger charge is 1.99. The maximum absolute atomic E-state index is 10.5. The lowest BCUT2D eigenvalue weighted by atomic mass is 10.8. The van der Waals surface area contributed by atoms with E-state index in [1.165, 1.54) is 0 Å². The minimum absolute atomic E-state index is 0.376. The molecule has 6 N–H and O–H groups in total. The van der Waals surface area contributed by atoms with Crippen LogP contribution in [0.5, 0.6) is 0 Å². The van der Waals surface area contributed by atoms with Gasteiger partial charge in [-0.05, 0) is 6.72 Å². The maximum atomic E-state index is 10.5. The molecule has 0 aromatic carbocycles. The highest BCUT2D eigenvalue weighted by molar-refractivity contribution is 6.00. The summed E-state index contributed by atoms with van der Waals surface area (Å²) >= 11 is 0. The second kappa shape index (κ2) is 3.99. The van der Waals surface area contributed by atoms with Crippen LogP contribution < -0.4 is 16.8 Å². The summed E-state index contributed by atoms with van der Waals surface area (Å²) in [5.41, 5.74) is 9.72. The summed E-state index contributed by atoms with van der Waals surface area (Å²) in [6.45, 7) is 2.99. The molecule has 2 amide bonds. The lowest BCUT2D eigenvalue weighted by molar-refractivity contribution is 0.253. The van der Waals surface area contributed by atoms with Crippen LogP contribution in [0.1, 0.15) is 0 Å². The topological polar surface area (TPSA) is 130 Å². The highest BCUT2D eigenvalue weighted by atomic mass is 16.2. The Labute approximate surface area is 62.7 Å². The van der Waals surface area contributed by atoms with Crippen LogP contribution in [0.4, 0.5) is 4.79 Å². The molecule has 0 aliphatic rings. The van der Waals surface area contributed by atoms with Gasteiger partial charge in [-0.3, -0.25) is 10.7 Å². The first-order valence-corrected chi connectivity index (χ1v) is 2.52. The van der Waals surface area contributed by atoms with Crippen LogP contribution in [0.25, 0.3) is 0 Å². The zero-order valence-electron chi connectivity index (χ0n) is 5.66. The number of urea groups is 1. The Bertz CT molecular complexity index is 215. The van der Waals surface area contributed by atoms with Crippen molar-refractivity contribution in [3.8, 4) is 0 Å². The molecule has 0 saturated carbocycles. The van der Waals surface area contributed by atoms with Gasteiger partial charge in [-0.15, -0.1) is 0 Å². The minimum atomic E-state index is -0.845. The van der Waals surface area contributed by atoms with Gasteiger partial charge in [0.2, 0.25) is 5.96 Å². The fourth-order valence-electron chi connectivity index (χ4n) is 0.286. The smallest absolute Gasteiger partial charge is 0.350 e. The highest BCUT2D eigenvalue weighted by Crippen LogP contribution is 1.73.